The van der Waals surface area contributed by atoms with Crippen LogP contribution in [0, 0.1) is 0 Å². The second-order valence-electron chi connectivity index (χ2n) is 4.68. The molecule has 0 atom stereocenters. The largest absolute Gasteiger partial charge is 0.433 e. The Morgan fingerprint density at radius 3 is 2.64 bits per heavy atom. The predicted octanol–water partition coefficient (Wildman–Crippen LogP) is 4.16. The van der Waals surface area contributed by atoms with Gasteiger partial charge in [-0.05, 0) is 24.3 Å². The van der Waals surface area contributed by atoms with Gasteiger partial charge < -0.3 is 10.2 Å². The number of aromatic nitrogens is 2. The number of nitrogens with two attached hydrogens (primary N) is 1. The highest BCUT2D eigenvalue weighted by molar-refractivity contribution is 7.99. The molecule has 0 saturated carbocycles. The van der Waals surface area contributed by atoms with E-state index in [-0.39, 0.29) is 40.4 Å². The van der Waals surface area contributed by atoms with Crippen molar-refractivity contribution in [2.24, 2.45) is 5.73 Å². The monoisotopic (exact) mass is 409 g/mol. The van der Waals surface area contributed by atoms with Crippen molar-refractivity contribution < 1.29 is 22.4 Å². The van der Waals surface area contributed by atoms with Crippen molar-refractivity contribution in [2.45, 2.75) is 17.9 Å². The van der Waals surface area contributed by atoms with Gasteiger partial charge in [-0.2, -0.15) is 18.2 Å². The van der Waals surface area contributed by atoms with Gasteiger partial charge in [-0.3, -0.25) is 4.79 Å². The third-order valence-corrected chi connectivity index (χ3v) is 4.97. The number of fused-ring (bicyclic) bond motifs is 1. The van der Waals surface area contributed by atoms with Gasteiger partial charge in [0, 0.05) is 11.4 Å². The van der Waals surface area contributed by atoms with Gasteiger partial charge in [0.25, 0.3) is 5.22 Å². The third kappa shape index (κ3) is 4.51. The predicted molar refractivity (Wildman–Crippen MR) is 91.3 cm³/mol. The van der Waals surface area contributed by atoms with Crippen LogP contribution in [0.3, 0.4) is 0 Å². The first-order valence-corrected chi connectivity index (χ1v) is 8.46. The molecular weight excluding hydrogens is 399 g/mol. The summed E-state index contributed by atoms with van der Waals surface area (Å²) in [6, 6.07) is 5.47. The number of thiophene rings is 1. The number of thioether (sulfide) groups is 1. The minimum atomic E-state index is -4.55. The maximum atomic E-state index is 12.6. The molecule has 0 radical (unpaired) electrons. The maximum Gasteiger partial charge on any atom is 0.433 e. The molecule has 0 aliphatic rings. The fourth-order valence-corrected chi connectivity index (χ4v) is 3.48. The Morgan fingerprint density at radius 1 is 1.24 bits per heavy atom. The van der Waals surface area contributed by atoms with Crippen molar-refractivity contribution in [3.05, 3.63) is 39.7 Å². The lowest BCUT2D eigenvalue weighted by molar-refractivity contribution is -0.141. The molecule has 0 unspecified atom stereocenters. The van der Waals surface area contributed by atoms with Crippen molar-refractivity contribution in [1.82, 2.24) is 9.97 Å². The van der Waals surface area contributed by atoms with Crippen LogP contribution in [0.2, 0.25) is 0 Å². The van der Waals surface area contributed by atoms with E-state index >= 15 is 0 Å². The highest BCUT2D eigenvalue weighted by Crippen LogP contribution is 2.30. The summed E-state index contributed by atoms with van der Waals surface area (Å²) in [5, 5.41) is 0.0979. The fraction of sp³-hybridized carbons (Fsp3) is 0.214. The van der Waals surface area contributed by atoms with Crippen LogP contribution in [0.5, 0.6) is 0 Å². The van der Waals surface area contributed by atoms with Gasteiger partial charge in [0.05, 0.1) is 10.6 Å². The molecule has 3 aromatic rings. The van der Waals surface area contributed by atoms with Crippen molar-refractivity contribution in [1.29, 1.82) is 0 Å². The Bertz CT molecular complexity index is 895. The molecular formula is C14H11ClF3N3O2S2. The van der Waals surface area contributed by atoms with Crippen LogP contribution >= 0.6 is 35.5 Å². The lowest BCUT2D eigenvalue weighted by Gasteiger charge is -2.03. The third-order valence-electron chi connectivity index (χ3n) is 2.99. The van der Waals surface area contributed by atoms with Gasteiger partial charge in [-0.15, -0.1) is 23.7 Å². The number of carbonyl (C=O) groups excluding carboxylic acids is 1. The molecule has 0 bridgehead atoms. The van der Waals surface area contributed by atoms with E-state index in [2.05, 4.69) is 9.97 Å². The van der Waals surface area contributed by atoms with E-state index in [1.165, 1.54) is 11.3 Å². The van der Waals surface area contributed by atoms with E-state index in [0.29, 0.717) is 11.4 Å². The van der Waals surface area contributed by atoms with Crippen LogP contribution in [-0.4, -0.2) is 21.5 Å². The molecule has 3 aromatic heterocycles. The zero-order valence-corrected chi connectivity index (χ0v) is 14.8. The molecule has 5 nitrogen and oxygen atoms in total. The fourth-order valence-electron chi connectivity index (χ4n) is 1.85. The Hall–Kier alpha value is -1.62. The highest BCUT2D eigenvalue weighted by Gasteiger charge is 2.33. The standard InChI is InChI=1S/C14H10F3N3O2S2.ClH/c15-14(16,17)11-4-2-9-12(19-11)20-13(22-9)23-6-8(21)10-3-1-7(5-18)24-10;/h1-4H,5-6,18H2;1H. The van der Waals surface area contributed by atoms with Gasteiger partial charge in [0.2, 0.25) is 0 Å². The van der Waals surface area contributed by atoms with E-state index in [0.717, 1.165) is 28.8 Å². The Morgan fingerprint density at radius 2 is 2.00 bits per heavy atom. The first-order chi connectivity index (χ1) is 11.4. The summed E-state index contributed by atoms with van der Waals surface area (Å²) >= 11 is 2.32. The average Bonchev–Trinajstić information content (AvgIpc) is 3.17. The van der Waals surface area contributed by atoms with Crippen LogP contribution in [0.4, 0.5) is 13.2 Å². The zero-order chi connectivity index (χ0) is 17.3. The first kappa shape index (κ1) is 19.7. The molecule has 0 saturated heterocycles. The van der Waals surface area contributed by atoms with Crippen molar-refractivity contribution in [3.8, 4) is 0 Å². The number of halogens is 4. The molecule has 3 heterocycles. The van der Waals surface area contributed by atoms with Crippen LogP contribution in [0.1, 0.15) is 20.2 Å². The Balaban J connectivity index is 0.00000225. The number of alkyl halides is 3. The van der Waals surface area contributed by atoms with Crippen LogP contribution in [-0.2, 0) is 12.7 Å². The lowest BCUT2D eigenvalue weighted by atomic mass is 10.3. The Kier molecular flexibility index (Phi) is 6.09. The van der Waals surface area contributed by atoms with Crippen LogP contribution in [0.25, 0.3) is 11.2 Å². The number of carbonyl (C=O) groups is 1. The quantitative estimate of drug-likeness (QED) is 0.503. The number of oxazole rings is 1. The van der Waals surface area contributed by atoms with Gasteiger partial charge in [0.15, 0.2) is 17.0 Å². The summed E-state index contributed by atoms with van der Waals surface area (Å²) in [5.41, 5.74) is 4.46. The van der Waals surface area contributed by atoms with Crippen molar-refractivity contribution >= 4 is 52.5 Å². The van der Waals surface area contributed by atoms with E-state index in [1.807, 2.05) is 0 Å². The molecule has 25 heavy (non-hydrogen) atoms. The summed E-state index contributed by atoms with van der Waals surface area (Å²) < 4.78 is 43.2. The minimum Gasteiger partial charge on any atom is -0.430 e. The summed E-state index contributed by atoms with van der Waals surface area (Å²) in [6.07, 6.45) is -4.55. The van der Waals surface area contributed by atoms with Crippen LogP contribution in [0.15, 0.2) is 33.9 Å². The number of hydrogen-bond donors (Lipinski definition) is 1. The molecule has 11 heteroatoms. The van der Waals surface area contributed by atoms with Gasteiger partial charge in [-0.25, -0.2) is 4.98 Å². The van der Waals surface area contributed by atoms with Crippen molar-refractivity contribution in [3.63, 3.8) is 0 Å². The molecule has 0 aromatic carbocycles. The SMILES string of the molecule is Cl.NCc1ccc(C(=O)CSc2nc3nc(C(F)(F)F)ccc3o2)s1. The van der Waals surface area contributed by atoms with Gasteiger partial charge in [0.1, 0.15) is 5.69 Å². The van der Waals surface area contributed by atoms with Crippen molar-refractivity contribution in [2.75, 3.05) is 5.75 Å². The molecule has 2 N–H and O–H groups in total. The number of Topliss-reactive ketones (excluding diaryl/α,β-unsaturated/α-hetero) is 1. The van der Waals surface area contributed by atoms with E-state index in [4.69, 9.17) is 10.2 Å². The summed E-state index contributed by atoms with van der Waals surface area (Å²) in [7, 11) is 0. The number of nitrogens with zero attached hydrogens (tertiary/aromatic N) is 2. The minimum absolute atomic E-state index is 0. The topological polar surface area (TPSA) is 82.0 Å². The van der Waals surface area contributed by atoms with E-state index in [9.17, 15) is 18.0 Å². The molecule has 3 rings (SSSR count). The first-order valence-electron chi connectivity index (χ1n) is 6.66. The number of rotatable bonds is 5. The van der Waals surface area contributed by atoms with Gasteiger partial charge in [-0.1, -0.05) is 11.8 Å². The zero-order valence-electron chi connectivity index (χ0n) is 12.4. The second kappa shape index (κ2) is 7.73. The van der Waals surface area contributed by atoms with E-state index < -0.39 is 11.9 Å². The molecule has 0 amide bonds. The number of ketones is 1. The lowest BCUT2D eigenvalue weighted by Crippen LogP contribution is -2.07. The van der Waals surface area contributed by atoms with Gasteiger partial charge >= 0.3 is 6.18 Å². The summed E-state index contributed by atoms with van der Waals surface area (Å²) in [6.45, 7) is 0.365. The molecule has 134 valence electrons. The number of pyridine rings is 1. The van der Waals surface area contributed by atoms with E-state index in [1.54, 1.807) is 12.1 Å². The highest BCUT2D eigenvalue weighted by atomic mass is 35.5. The number of hydrogen-bond acceptors (Lipinski definition) is 7. The molecule has 0 fully saturated rings. The molecule has 0 aliphatic heterocycles. The average molecular weight is 410 g/mol. The molecule has 0 spiro atoms. The summed E-state index contributed by atoms with van der Waals surface area (Å²) in [5.74, 6) is -0.0698. The Labute approximate surface area is 154 Å². The normalized spacial score (nSPS) is 11.5. The van der Waals surface area contributed by atoms with Crippen LogP contribution < -0.4 is 5.73 Å². The smallest absolute Gasteiger partial charge is 0.430 e. The summed E-state index contributed by atoms with van der Waals surface area (Å²) in [4.78, 5) is 20.8. The molecule has 0 aliphatic carbocycles. The second-order valence-corrected chi connectivity index (χ2v) is 6.77. The maximum absolute atomic E-state index is 12.6.